The summed E-state index contributed by atoms with van der Waals surface area (Å²) in [5.74, 6) is -0.251. The van der Waals surface area contributed by atoms with Crippen molar-refractivity contribution in [3.8, 4) is 0 Å². The monoisotopic (exact) mass is 318 g/mol. The predicted octanol–water partition coefficient (Wildman–Crippen LogP) is 1.50. The van der Waals surface area contributed by atoms with Gasteiger partial charge in [0.2, 0.25) is 5.91 Å². The fraction of sp³-hybridized carbons (Fsp3) is 0.857. The van der Waals surface area contributed by atoms with Crippen LogP contribution in [0.25, 0.3) is 0 Å². The maximum atomic E-state index is 12.2. The molecule has 120 valence electrons. The predicted molar refractivity (Wildman–Crippen MR) is 78.4 cm³/mol. The smallest absolute Gasteiger partial charge is 0.407 e. The fourth-order valence-corrected chi connectivity index (χ4v) is 3.62. The van der Waals surface area contributed by atoms with E-state index in [4.69, 9.17) is 16.7 Å². The quantitative estimate of drug-likeness (QED) is 0.773. The minimum absolute atomic E-state index is 0.0235. The Morgan fingerprint density at radius 1 is 1.14 bits per heavy atom. The zero-order valence-corrected chi connectivity index (χ0v) is 12.8. The highest BCUT2D eigenvalue weighted by Crippen LogP contribution is 2.28. The molecule has 1 aliphatic heterocycles. The molecule has 0 aromatic heterocycles. The Bertz CT molecular complexity index is 385. The van der Waals surface area contributed by atoms with Crippen molar-refractivity contribution in [2.45, 2.75) is 56.7 Å². The molecule has 1 heterocycles. The molecule has 1 saturated carbocycles. The van der Waals surface area contributed by atoms with Gasteiger partial charge in [-0.2, -0.15) is 0 Å². The maximum absolute atomic E-state index is 12.2. The summed E-state index contributed by atoms with van der Waals surface area (Å²) in [6.45, 7) is 0.851. The van der Waals surface area contributed by atoms with E-state index in [2.05, 4.69) is 0 Å². The number of carbonyl (C=O) groups excluding carboxylic acids is 1. The molecule has 0 unspecified atom stereocenters. The SMILES string of the molecule is O=C(O)N1CCC(N(C(=O)CCl)[C@H]2CCCC[C@@H]2O)CC1. The van der Waals surface area contributed by atoms with Gasteiger partial charge < -0.3 is 20.0 Å². The molecule has 1 saturated heterocycles. The first kappa shape index (κ1) is 16.4. The van der Waals surface area contributed by atoms with E-state index in [1.165, 1.54) is 4.90 Å². The summed E-state index contributed by atoms with van der Waals surface area (Å²) in [5, 5.41) is 19.2. The van der Waals surface area contributed by atoms with Gasteiger partial charge in [0.25, 0.3) is 0 Å². The number of alkyl halides is 1. The Morgan fingerprint density at radius 2 is 1.76 bits per heavy atom. The number of piperidine rings is 1. The van der Waals surface area contributed by atoms with Crippen LogP contribution in [0.1, 0.15) is 38.5 Å². The molecular weight excluding hydrogens is 296 g/mol. The lowest BCUT2D eigenvalue weighted by molar-refractivity contribution is -0.139. The van der Waals surface area contributed by atoms with Crippen LogP contribution in [0.5, 0.6) is 0 Å². The van der Waals surface area contributed by atoms with Gasteiger partial charge in [-0.15, -0.1) is 11.6 Å². The summed E-state index contributed by atoms with van der Waals surface area (Å²) in [6.07, 6.45) is 3.30. The van der Waals surface area contributed by atoms with Crippen molar-refractivity contribution >= 4 is 23.6 Å². The van der Waals surface area contributed by atoms with E-state index in [9.17, 15) is 14.7 Å². The van der Waals surface area contributed by atoms with Crippen LogP contribution in [0.4, 0.5) is 4.79 Å². The van der Waals surface area contributed by atoms with Gasteiger partial charge in [-0.3, -0.25) is 4.79 Å². The van der Waals surface area contributed by atoms with Crippen molar-refractivity contribution in [1.82, 2.24) is 9.80 Å². The van der Waals surface area contributed by atoms with E-state index in [0.29, 0.717) is 32.4 Å². The van der Waals surface area contributed by atoms with Gasteiger partial charge in [-0.1, -0.05) is 12.8 Å². The first-order valence-electron chi connectivity index (χ1n) is 7.57. The van der Waals surface area contributed by atoms with Crippen molar-refractivity contribution in [1.29, 1.82) is 0 Å². The number of carboxylic acid groups (broad SMARTS) is 1. The number of hydrogen-bond donors (Lipinski definition) is 2. The highest BCUT2D eigenvalue weighted by molar-refractivity contribution is 6.27. The summed E-state index contributed by atoms with van der Waals surface area (Å²) in [4.78, 5) is 26.3. The minimum Gasteiger partial charge on any atom is -0.465 e. The lowest BCUT2D eigenvalue weighted by Crippen LogP contribution is -2.56. The van der Waals surface area contributed by atoms with Gasteiger partial charge in [0.15, 0.2) is 0 Å². The third-order valence-electron chi connectivity index (χ3n) is 4.58. The van der Waals surface area contributed by atoms with Crippen molar-refractivity contribution in [2.24, 2.45) is 0 Å². The third-order valence-corrected chi connectivity index (χ3v) is 4.81. The number of carbonyl (C=O) groups is 2. The number of rotatable bonds is 3. The Hall–Kier alpha value is -1.01. The van der Waals surface area contributed by atoms with E-state index in [1.807, 2.05) is 0 Å². The van der Waals surface area contributed by atoms with Crippen LogP contribution in [0.15, 0.2) is 0 Å². The van der Waals surface area contributed by atoms with Crippen LogP contribution in [-0.4, -0.2) is 69.2 Å². The fourth-order valence-electron chi connectivity index (χ4n) is 3.48. The number of aliphatic hydroxyl groups is 1. The van der Waals surface area contributed by atoms with Crippen LogP contribution >= 0.6 is 11.6 Å². The molecule has 7 heteroatoms. The zero-order chi connectivity index (χ0) is 15.4. The molecule has 2 rings (SSSR count). The van der Waals surface area contributed by atoms with Crippen LogP contribution in [-0.2, 0) is 4.79 Å². The van der Waals surface area contributed by atoms with Crippen LogP contribution in [0.3, 0.4) is 0 Å². The van der Waals surface area contributed by atoms with Gasteiger partial charge in [0.05, 0.1) is 12.1 Å². The molecule has 0 aromatic rings. The number of amides is 2. The molecule has 2 amide bonds. The topological polar surface area (TPSA) is 81.1 Å². The Labute approximate surface area is 129 Å². The van der Waals surface area contributed by atoms with E-state index >= 15 is 0 Å². The number of aliphatic hydroxyl groups excluding tert-OH is 1. The van der Waals surface area contributed by atoms with Gasteiger partial charge >= 0.3 is 6.09 Å². The molecule has 6 nitrogen and oxygen atoms in total. The second-order valence-electron chi connectivity index (χ2n) is 5.85. The molecule has 0 radical (unpaired) electrons. The van der Waals surface area contributed by atoms with E-state index < -0.39 is 12.2 Å². The molecule has 21 heavy (non-hydrogen) atoms. The molecule has 2 aliphatic rings. The minimum atomic E-state index is -0.915. The van der Waals surface area contributed by atoms with Crippen molar-refractivity contribution in [3.63, 3.8) is 0 Å². The lowest BCUT2D eigenvalue weighted by atomic mass is 9.89. The molecule has 2 fully saturated rings. The largest absolute Gasteiger partial charge is 0.465 e. The Balaban J connectivity index is 2.06. The summed E-state index contributed by atoms with van der Waals surface area (Å²) in [5.41, 5.74) is 0. The van der Waals surface area contributed by atoms with Crippen molar-refractivity contribution in [2.75, 3.05) is 19.0 Å². The average Bonchev–Trinajstić information content (AvgIpc) is 2.49. The summed E-state index contributed by atoms with van der Waals surface area (Å²) >= 11 is 5.73. The summed E-state index contributed by atoms with van der Waals surface area (Å²) < 4.78 is 0. The first-order chi connectivity index (χ1) is 10.0. The number of halogens is 1. The second-order valence-corrected chi connectivity index (χ2v) is 6.12. The first-order valence-corrected chi connectivity index (χ1v) is 8.11. The molecule has 0 aromatic carbocycles. The van der Waals surface area contributed by atoms with Gasteiger partial charge in [0, 0.05) is 19.1 Å². The number of likely N-dealkylation sites (tertiary alicyclic amines) is 1. The molecule has 2 N–H and O–H groups in total. The molecule has 0 spiro atoms. The summed E-state index contributed by atoms with van der Waals surface area (Å²) in [6, 6.07) is -0.198. The van der Waals surface area contributed by atoms with E-state index in [-0.39, 0.29) is 23.9 Å². The van der Waals surface area contributed by atoms with Gasteiger partial charge in [-0.05, 0) is 25.7 Å². The van der Waals surface area contributed by atoms with Crippen LogP contribution in [0.2, 0.25) is 0 Å². The standard InChI is InChI=1S/C14H23ClN2O4/c15-9-13(19)17(11-3-1-2-4-12(11)18)10-5-7-16(8-6-10)14(20)21/h10-12,18H,1-9H2,(H,20,21)/t11-,12-/m0/s1. The molecule has 0 bridgehead atoms. The van der Waals surface area contributed by atoms with Gasteiger partial charge in [0.1, 0.15) is 5.88 Å². The Kier molecular flexibility index (Phi) is 5.70. The zero-order valence-electron chi connectivity index (χ0n) is 12.1. The summed E-state index contributed by atoms with van der Waals surface area (Å²) in [7, 11) is 0. The van der Waals surface area contributed by atoms with E-state index in [0.717, 1.165) is 19.3 Å². The normalized spacial score (nSPS) is 27.4. The van der Waals surface area contributed by atoms with Crippen LogP contribution in [0, 0.1) is 0 Å². The maximum Gasteiger partial charge on any atom is 0.407 e. The molecule has 2 atom stereocenters. The lowest BCUT2D eigenvalue weighted by Gasteiger charge is -2.44. The molecular formula is C14H23ClN2O4. The highest BCUT2D eigenvalue weighted by atomic mass is 35.5. The van der Waals surface area contributed by atoms with Crippen molar-refractivity contribution < 1.29 is 19.8 Å². The Morgan fingerprint density at radius 3 is 2.29 bits per heavy atom. The van der Waals surface area contributed by atoms with Crippen LogP contribution < -0.4 is 0 Å². The third kappa shape index (κ3) is 3.80. The number of hydrogen-bond acceptors (Lipinski definition) is 3. The van der Waals surface area contributed by atoms with Crippen molar-refractivity contribution in [3.05, 3.63) is 0 Å². The molecule has 1 aliphatic carbocycles. The van der Waals surface area contributed by atoms with Gasteiger partial charge in [-0.25, -0.2) is 4.79 Å². The second kappa shape index (κ2) is 7.31. The average molecular weight is 319 g/mol. The van der Waals surface area contributed by atoms with E-state index in [1.54, 1.807) is 4.90 Å². The highest BCUT2D eigenvalue weighted by Gasteiger charge is 2.37. The number of nitrogens with zero attached hydrogens (tertiary/aromatic N) is 2.